The highest BCUT2D eigenvalue weighted by molar-refractivity contribution is 5.94. The average Bonchev–Trinajstić information content (AvgIpc) is 2.97. The Morgan fingerprint density at radius 3 is 2.39 bits per heavy atom. The number of aromatic nitrogens is 1. The summed E-state index contributed by atoms with van der Waals surface area (Å²) in [4.78, 5) is 29.0. The van der Waals surface area contributed by atoms with Gasteiger partial charge in [-0.2, -0.15) is 0 Å². The Bertz CT molecular complexity index is 1290. The molecule has 1 aromatic heterocycles. The summed E-state index contributed by atoms with van der Waals surface area (Å²) in [5.74, 6) is -0.671. The Morgan fingerprint density at radius 1 is 0.976 bits per heavy atom. The molecule has 0 aliphatic heterocycles. The van der Waals surface area contributed by atoms with Crippen LogP contribution in [0.2, 0.25) is 0 Å². The molecule has 0 fully saturated rings. The number of carboxylic acids is 1. The van der Waals surface area contributed by atoms with Gasteiger partial charge in [0, 0.05) is 18.7 Å². The number of amides is 1. The van der Waals surface area contributed by atoms with E-state index in [1.165, 1.54) is 11.1 Å². The molecule has 0 spiro atoms. The number of nitrogens with zero attached hydrogens (tertiary/aromatic N) is 1. The maximum absolute atomic E-state index is 12.6. The lowest BCUT2D eigenvalue weighted by atomic mass is 9.79. The van der Waals surface area contributed by atoms with Crippen molar-refractivity contribution < 1.29 is 19.4 Å². The number of hydrogen-bond acceptors (Lipinski definition) is 4. The average molecular weight is 557 g/mol. The third-order valence-electron chi connectivity index (χ3n) is 7.65. The first-order valence-corrected chi connectivity index (χ1v) is 14.7. The summed E-state index contributed by atoms with van der Waals surface area (Å²) in [6.07, 6.45) is 7.78. The molecule has 41 heavy (non-hydrogen) atoms. The molecule has 0 aliphatic rings. The van der Waals surface area contributed by atoms with Crippen LogP contribution in [0.25, 0.3) is 12.2 Å². The van der Waals surface area contributed by atoms with Gasteiger partial charge in [0.1, 0.15) is 0 Å². The second kappa shape index (κ2) is 15.9. The molecule has 0 aliphatic carbocycles. The van der Waals surface area contributed by atoms with Crippen molar-refractivity contribution in [2.75, 3.05) is 11.9 Å². The van der Waals surface area contributed by atoms with Crippen LogP contribution in [0.4, 0.5) is 5.69 Å². The second-order valence-electron chi connectivity index (χ2n) is 10.9. The minimum atomic E-state index is -1.04. The molecule has 0 saturated carbocycles. The number of benzene rings is 2. The van der Waals surface area contributed by atoms with Crippen molar-refractivity contribution in [2.45, 2.75) is 78.7 Å². The monoisotopic (exact) mass is 556 g/mol. The highest BCUT2D eigenvalue weighted by Crippen LogP contribution is 2.31. The standard InChI is InChI=1S/C35H44N2O4/c1-5-35(6-2,34(39)40)24-33(38)37-31-14-9-12-28(23-31)18-21-30-13-10-15-32(36-30)25-41-22-8-7-11-27-16-19-29(20-17-27)26(3)4/h9-10,12-21,23,26H,5-8,11,22,24-25H2,1-4H3,(H,37,38)(H,39,40). The summed E-state index contributed by atoms with van der Waals surface area (Å²) in [6.45, 7) is 9.22. The summed E-state index contributed by atoms with van der Waals surface area (Å²) in [5, 5.41) is 12.5. The van der Waals surface area contributed by atoms with Crippen molar-refractivity contribution in [2.24, 2.45) is 5.41 Å². The van der Waals surface area contributed by atoms with Crippen molar-refractivity contribution in [3.8, 4) is 0 Å². The normalized spacial score (nSPS) is 11.7. The molecule has 0 atom stereocenters. The lowest BCUT2D eigenvalue weighted by Gasteiger charge is -2.25. The molecule has 0 radical (unpaired) electrons. The Labute approximate surface area is 244 Å². The molecule has 3 aromatic rings. The van der Waals surface area contributed by atoms with Crippen molar-refractivity contribution in [1.82, 2.24) is 4.98 Å². The fourth-order valence-electron chi connectivity index (χ4n) is 4.74. The first-order valence-electron chi connectivity index (χ1n) is 14.7. The number of carbonyl (C=O) groups excluding carboxylic acids is 1. The van der Waals surface area contributed by atoms with E-state index in [2.05, 4.69) is 48.4 Å². The van der Waals surface area contributed by atoms with Gasteiger partial charge in [0.05, 0.1) is 23.4 Å². The zero-order valence-corrected chi connectivity index (χ0v) is 24.9. The number of aliphatic carboxylic acids is 1. The summed E-state index contributed by atoms with van der Waals surface area (Å²) in [5.41, 5.74) is 4.95. The van der Waals surface area contributed by atoms with Gasteiger partial charge in [0.2, 0.25) is 5.91 Å². The van der Waals surface area contributed by atoms with Gasteiger partial charge in [-0.1, -0.05) is 76.2 Å². The summed E-state index contributed by atoms with van der Waals surface area (Å²) < 4.78 is 5.88. The number of rotatable bonds is 16. The third-order valence-corrected chi connectivity index (χ3v) is 7.65. The molecule has 0 unspecified atom stereocenters. The molecular weight excluding hydrogens is 512 g/mol. The summed E-state index contributed by atoms with van der Waals surface area (Å²) in [7, 11) is 0. The number of pyridine rings is 1. The largest absolute Gasteiger partial charge is 0.481 e. The highest BCUT2D eigenvalue weighted by Gasteiger charge is 2.37. The smallest absolute Gasteiger partial charge is 0.310 e. The molecule has 0 bridgehead atoms. The van der Waals surface area contributed by atoms with E-state index < -0.39 is 11.4 Å². The molecule has 2 aromatic carbocycles. The van der Waals surface area contributed by atoms with Crippen LogP contribution in [-0.4, -0.2) is 28.6 Å². The first-order chi connectivity index (χ1) is 19.7. The lowest BCUT2D eigenvalue weighted by molar-refractivity contribution is -0.151. The van der Waals surface area contributed by atoms with Gasteiger partial charge in [0.25, 0.3) is 0 Å². The van der Waals surface area contributed by atoms with Gasteiger partial charge in [-0.3, -0.25) is 14.6 Å². The molecule has 2 N–H and O–H groups in total. The van der Waals surface area contributed by atoms with Crippen molar-refractivity contribution in [3.05, 3.63) is 94.8 Å². The van der Waals surface area contributed by atoms with E-state index in [1.54, 1.807) is 19.9 Å². The van der Waals surface area contributed by atoms with E-state index in [-0.39, 0.29) is 12.3 Å². The SMILES string of the molecule is CCC(CC)(CC(=O)Nc1cccc(C=Cc2cccc(COCCCCc3ccc(C(C)C)cc3)n2)c1)C(=O)O. The Morgan fingerprint density at radius 2 is 1.71 bits per heavy atom. The van der Waals surface area contributed by atoms with Gasteiger partial charge in [0.15, 0.2) is 0 Å². The predicted molar refractivity (Wildman–Crippen MR) is 167 cm³/mol. The molecule has 218 valence electrons. The van der Waals surface area contributed by atoms with Crippen LogP contribution in [0, 0.1) is 5.41 Å². The molecule has 1 heterocycles. The van der Waals surface area contributed by atoms with Crippen LogP contribution >= 0.6 is 0 Å². The topological polar surface area (TPSA) is 88.5 Å². The number of ether oxygens (including phenoxy) is 1. The second-order valence-corrected chi connectivity index (χ2v) is 10.9. The van der Waals surface area contributed by atoms with Crippen LogP contribution in [0.5, 0.6) is 0 Å². The molecule has 6 heteroatoms. The number of nitrogens with one attached hydrogen (secondary N) is 1. The summed E-state index contributed by atoms with van der Waals surface area (Å²) in [6, 6.07) is 22.3. The minimum Gasteiger partial charge on any atom is -0.481 e. The molecule has 3 rings (SSSR count). The number of unbranched alkanes of at least 4 members (excludes halogenated alkanes) is 1. The first kappa shape index (κ1) is 31.8. The van der Waals surface area contributed by atoms with Gasteiger partial charge in [-0.05, 0) is 85.1 Å². The number of aryl methyl sites for hydroxylation is 1. The zero-order valence-electron chi connectivity index (χ0n) is 24.9. The van der Waals surface area contributed by atoms with Gasteiger partial charge >= 0.3 is 5.97 Å². The van der Waals surface area contributed by atoms with Crippen LogP contribution in [-0.2, 0) is 27.4 Å². The van der Waals surface area contributed by atoms with Crippen molar-refractivity contribution >= 4 is 29.7 Å². The van der Waals surface area contributed by atoms with Gasteiger partial charge < -0.3 is 15.2 Å². The number of anilines is 1. The third kappa shape index (κ3) is 9.98. The molecule has 1 amide bonds. The maximum atomic E-state index is 12.6. The van der Waals surface area contributed by atoms with Crippen LogP contribution < -0.4 is 5.32 Å². The zero-order chi connectivity index (χ0) is 29.7. The molecular formula is C35H44N2O4. The molecule has 6 nitrogen and oxygen atoms in total. The van der Waals surface area contributed by atoms with Crippen molar-refractivity contribution in [1.29, 1.82) is 0 Å². The van der Waals surface area contributed by atoms with Gasteiger partial charge in [-0.15, -0.1) is 0 Å². The van der Waals surface area contributed by atoms with Gasteiger partial charge in [-0.25, -0.2) is 0 Å². The van der Waals surface area contributed by atoms with E-state index in [0.29, 0.717) is 37.7 Å². The van der Waals surface area contributed by atoms with Crippen LogP contribution in [0.3, 0.4) is 0 Å². The predicted octanol–water partition coefficient (Wildman–Crippen LogP) is 8.13. The Balaban J connectivity index is 1.46. The minimum absolute atomic E-state index is 0.0551. The van der Waals surface area contributed by atoms with Crippen molar-refractivity contribution in [3.63, 3.8) is 0 Å². The highest BCUT2D eigenvalue weighted by atomic mass is 16.5. The summed E-state index contributed by atoms with van der Waals surface area (Å²) >= 11 is 0. The fraction of sp³-hybridized carbons (Fsp3) is 0.400. The van der Waals surface area contributed by atoms with E-state index in [9.17, 15) is 14.7 Å². The van der Waals surface area contributed by atoms with E-state index in [1.807, 2.05) is 48.6 Å². The number of carbonyl (C=O) groups is 2. The quantitative estimate of drug-likeness (QED) is 0.174. The van der Waals surface area contributed by atoms with E-state index >= 15 is 0 Å². The molecule has 0 saturated heterocycles. The number of hydrogen-bond donors (Lipinski definition) is 2. The van der Waals surface area contributed by atoms with Crippen LogP contribution in [0.1, 0.15) is 93.8 Å². The number of carboxylic acid groups (broad SMARTS) is 1. The van der Waals surface area contributed by atoms with E-state index in [0.717, 1.165) is 36.2 Å². The van der Waals surface area contributed by atoms with E-state index in [4.69, 9.17) is 4.74 Å². The lowest BCUT2D eigenvalue weighted by Crippen LogP contribution is -2.34. The fourth-order valence-corrected chi connectivity index (χ4v) is 4.74. The Kier molecular flexibility index (Phi) is 12.3. The maximum Gasteiger partial charge on any atom is 0.310 e. The Hall–Kier alpha value is -3.77. The van der Waals surface area contributed by atoms with Crippen LogP contribution in [0.15, 0.2) is 66.7 Å².